The van der Waals surface area contributed by atoms with Gasteiger partial charge in [-0.2, -0.15) is 0 Å². The Labute approximate surface area is 127 Å². The minimum absolute atomic E-state index is 0.157. The van der Waals surface area contributed by atoms with Crippen LogP contribution in [0, 0.1) is 12.7 Å². The number of anilines is 1. The van der Waals surface area contributed by atoms with Crippen LogP contribution in [0.25, 0.3) is 11.0 Å². The second-order valence-corrected chi connectivity index (χ2v) is 6.23. The number of rotatable bonds is 4. The normalized spacial score (nSPS) is 12.9. The molecule has 3 rings (SSSR count). The summed E-state index contributed by atoms with van der Waals surface area (Å²) in [5.74, 6) is 0.206. The summed E-state index contributed by atoms with van der Waals surface area (Å²) in [5.41, 5.74) is 8.26. The average molecular weight is 303 g/mol. The number of halogens is 1. The van der Waals surface area contributed by atoms with Gasteiger partial charge >= 0.3 is 0 Å². The molecule has 0 spiro atoms. The van der Waals surface area contributed by atoms with Crippen molar-refractivity contribution in [3.8, 4) is 0 Å². The number of aromatic nitrogens is 2. The molecule has 110 valence electrons. The molecule has 0 bridgehead atoms. The third kappa shape index (κ3) is 2.42. The lowest BCUT2D eigenvalue weighted by Gasteiger charge is -2.19. The average Bonchev–Trinajstić information content (AvgIpc) is 3.06. The molecule has 1 aromatic carbocycles. The lowest BCUT2D eigenvalue weighted by Crippen LogP contribution is -2.12. The van der Waals surface area contributed by atoms with Crippen LogP contribution < -0.4 is 5.73 Å². The molecule has 0 aliphatic rings. The van der Waals surface area contributed by atoms with Crippen LogP contribution in [0.4, 0.5) is 10.3 Å². The molecule has 2 aromatic heterocycles. The molecular weight excluding hydrogens is 285 g/mol. The van der Waals surface area contributed by atoms with Gasteiger partial charge in [-0.25, -0.2) is 9.37 Å². The zero-order chi connectivity index (χ0) is 15.0. The number of fused-ring (bicyclic) bond motifs is 1. The fourth-order valence-corrected chi connectivity index (χ4v) is 3.57. The van der Waals surface area contributed by atoms with Gasteiger partial charge < -0.3 is 10.3 Å². The van der Waals surface area contributed by atoms with Crippen LogP contribution in [-0.2, 0) is 0 Å². The summed E-state index contributed by atoms with van der Waals surface area (Å²) in [7, 11) is 0. The maximum Gasteiger partial charge on any atom is 0.201 e. The largest absolute Gasteiger partial charge is 0.369 e. The standard InChI is InChI=1S/C16H18FN3S/c1-3-5-13(15-6-4-7-21-15)20-14-8-10(2)11(17)9-12(14)19-16(20)18/h4,6-9,13H,3,5H2,1-2H3,(H2,18,19). The van der Waals surface area contributed by atoms with Crippen molar-refractivity contribution < 1.29 is 4.39 Å². The van der Waals surface area contributed by atoms with E-state index in [4.69, 9.17) is 5.73 Å². The van der Waals surface area contributed by atoms with Crippen molar-refractivity contribution in [3.63, 3.8) is 0 Å². The molecule has 21 heavy (non-hydrogen) atoms. The van der Waals surface area contributed by atoms with Crippen molar-refractivity contribution in [2.75, 3.05) is 5.73 Å². The van der Waals surface area contributed by atoms with Crippen molar-refractivity contribution in [1.82, 2.24) is 9.55 Å². The highest BCUT2D eigenvalue weighted by Gasteiger charge is 2.20. The number of imidazole rings is 1. The highest BCUT2D eigenvalue weighted by Crippen LogP contribution is 2.33. The van der Waals surface area contributed by atoms with Crippen molar-refractivity contribution in [3.05, 3.63) is 45.9 Å². The molecule has 0 saturated carbocycles. The van der Waals surface area contributed by atoms with Gasteiger partial charge in [0.25, 0.3) is 0 Å². The fraction of sp³-hybridized carbons (Fsp3) is 0.312. The molecule has 0 amide bonds. The Bertz CT molecular complexity index is 762. The number of nitrogen functional groups attached to an aromatic ring is 1. The molecular formula is C16H18FN3S. The zero-order valence-corrected chi connectivity index (χ0v) is 13.0. The summed E-state index contributed by atoms with van der Waals surface area (Å²) in [5, 5.41) is 2.07. The zero-order valence-electron chi connectivity index (χ0n) is 12.1. The number of hydrogen-bond acceptors (Lipinski definition) is 3. The van der Waals surface area contributed by atoms with Gasteiger partial charge in [0.2, 0.25) is 5.95 Å². The first kappa shape index (κ1) is 14.1. The highest BCUT2D eigenvalue weighted by atomic mass is 32.1. The van der Waals surface area contributed by atoms with E-state index in [2.05, 4.69) is 23.4 Å². The second kappa shape index (κ2) is 5.48. The van der Waals surface area contributed by atoms with Crippen LogP contribution >= 0.6 is 11.3 Å². The van der Waals surface area contributed by atoms with Crippen LogP contribution in [0.3, 0.4) is 0 Å². The SMILES string of the molecule is CCCC(c1cccs1)n1c(N)nc2cc(F)c(C)cc21. The third-order valence-corrected chi connectivity index (χ3v) is 4.72. The van der Waals surface area contributed by atoms with Crippen LogP contribution in [0.1, 0.15) is 36.2 Å². The molecule has 3 aromatic rings. The molecule has 0 saturated heterocycles. The Hall–Kier alpha value is -1.88. The van der Waals surface area contributed by atoms with Crippen LogP contribution in [0.2, 0.25) is 0 Å². The second-order valence-electron chi connectivity index (χ2n) is 5.25. The number of nitrogens with two attached hydrogens (primary N) is 1. The predicted molar refractivity (Wildman–Crippen MR) is 86.2 cm³/mol. The lowest BCUT2D eigenvalue weighted by molar-refractivity contribution is 0.560. The molecule has 2 N–H and O–H groups in total. The first-order valence-corrected chi connectivity index (χ1v) is 7.96. The topological polar surface area (TPSA) is 43.8 Å². The lowest BCUT2D eigenvalue weighted by atomic mass is 10.1. The summed E-state index contributed by atoms with van der Waals surface area (Å²) in [6.45, 7) is 3.92. The molecule has 5 heteroatoms. The molecule has 1 atom stereocenters. The number of nitrogens with zero attached hydrogens (tertiary/aromatic N) is 2. The first-order valence-electron chi connectivity index (χ1n) is 7.08. The molecule has 0 aliphatic heterocycles. The van der Waals surface area contributed by atoms with Gasteiger partial charge in [-0.05, 0) is 36.4 Å². The van der Waals surface area contributed by atoms with E-state index in [-0.39, 0.29) is 11.9 Å². The molecule has 1 unspecified atom stereocenters. The Morgan fingerprint density at radius 2 is 2.24 bits per heavy atom. The molecule has 0 radical (unpaired) electrons. The first-order chi connectivity index (χ1) is 10.1. The Morgan fingerprint density at radius 3 is 2.90 bits per heavy atom. The van der Waals surface area contributed by atoms with Gasteiger partial charge in [0.1, 0.15) is 5.82 Å². The van der Waals surface area contributed by atoms with Crippen molar-refractivity contribution >= 4 is 28.3 Å². The van der Waals surface area contributed by atoms with Gasteiger partial charge in [-0.3, -0.25) is 0 Å². The molecule has 2 heterocycles. The van der Waals surface area contributed by atoms with Gasteiger partial charge in [0.15, 0.2) is 0 Å². The van der Waals surface area contributed by atoms with E-state index in [1.165, 1.54) is 10.9 Å². The third-order valence-electron chi connectivity index (χ3n) is 3.74. The van der Waals surface area contributed by atoms with Crippen LogP contribution in [-0.4, -0.2) is 9.55 Å². The summed E-state index contributed by atoms with van der Waals surface area (Å²) in [6, 6.07) is 7.62. The Balaban J connectivity index is 2.21. The van der Waals surface area contributed by atoms with E-state index >= 15 is 0 Å². The monoisotopic (exact) mass is 303 g/mol. The maximum atomic E-state index is 13.7. The summed E-state index contributed by atoms with van der Waals surface area (Å²) < 4.78 is 15.8. The van der Waals surface area contributed by atoms with Crippen molar-refractivity contribution in [2.24, 2.45) is 0 Å². The predicted octanol–water partition coefficient (Wildman–Crippen LogP) is 4.52. The van der Waals surface area contributed by atoms with Crippen molar-refractivity contribution in [1.29, 1.82) is 0 Å². The van der Waals surface area contributed by atoms with E-state index in [9.17, 15) is 4.39 Å². The summed E-state index contributed by atoms with van der Waals surface area (Å²) >= 11 is 1.72. The molecule has 3 nitrogen and oxygen atoms in total. The van der Waals surface area contributed by atoms with E-state index in [0.29, 0.717) is 17.0 Å². The fourth-order valence-electron chi connectivity index (χ4n) is 2.72. The molecule has 0 fully saturated rings. The van der Waals surface area contributed by atoms with Gasteiger partial charge in [-0.1, -0.05) is 19.4 Å². The summed E-state index contributed by atoms with van der Waals surface area (Å²) in [6.07, 6.45) is 2.02. The van der Waals surface area contributed by atoms with Crippen molar-refractivity contribution in [2.45, 2.75) is 32.7 Å². The minimum atomic E-state index is -0.240. The number of aryl methyl sites for hydroxylation is 1. The van der Waals surface area contributed by atoms with E-state index in [0.717, 1.165) is 18.4 Å². The van der Waals surface area contributed by atoms with Gasteiger partial charge in [-0.15, -0.1) is 11.3 Å². The van der Waals surface area contributed by atoms with E-state index < -0.39 is 0 Å². The quantitative estimate of drug-likeness (QED) is 0.770. The number of hydrogen-bond donors (Lipinski definition) is 1. The maximum absolute atomic E-state index is 13.7. The van der Waals surface area contributed by atoms with E-state index in [1.807, 2.05) is 16.7 Å². The number of thiophene rings is 1. The molecule has 0 aliphatic carbocycles. The number of benzene rings is 1. The Morgan fingerprint density at radius 1 is 1.43 bits per heavy atom. The van der Waals surface area contributed by atoms with E-state index in [1.54, 1.807) is 18.3 Å². The Kier molecular flexibility index (Phi) is 3.68. The van der Waals surface area contributed by atoms with Crippen LogP contribution in [0.15, 0.2) is 29.6 Å². The smallest absolute Gasteiger partial charge is 0.201 e. The van der Waals surface area contributed by atoms with Gasteiger partial charge in [0, 0.05) is 10.9 Å². The van der Waals surface area contributed by atoms with Gasteiger partial charge in [0.05, 0.1) is 17.1 Å². The minimum Gasteiger partial charge on any atom is -0.369 e. The van der Waals surface area contributed by atoms with Crippen LogP contribution in [0.5, 0.6) is 0 Å². The highest BCUT2D eigenvalue weighted by molar-refractivity contribution is 7.10. The summed E-state index contributed by atoms with van der Waals surface area (Å²) in [4.78, 5) is 5.59.